The molecular formula is C4H11NO2S. The normalized spacial score (nSPS) is 12.5. The molecule has 0 atom stereocenters. The zero-order chi connectivity index (χ0) is 6.78. The average molecular weight is 137 g/mol. The van der Waals surface area contributed by atoms with Crippen molar-refractivity contribution in [1.82, 2.24) is 4.72 Å². The van der Waals surface area contributed by atoms with Gasteiger partial charge in [-0.2, -0.15) is 0 Å². The fourth-order valence-corrected chi connectivity index (χ4v) is 0.707. The molecule has 0 fully saturated rings. The summed E-state index contributed by atoms with van der Waals surface area (Å²) in [6, 6.07) is 0. The molecule has 0 spiro atoms. The Balaban J connectivity index is 4.17. The van der Waals surface area contributed by atoms with Crippen LogP contribution in [0.4, 0.5) is 0 Å². The summed E-state index contributed by atoms with van der Waals surface area (Å²) in [6.07, 6.45) is 0. The van der Waals surface area contributed by atoms with Gasteiger partial charge in [-0.1, -0.05) is 0 Å². The summed E-state index contributed by atoms with van der Waals surface area (Å²) in [5, 5.41) is -0.326. The summed E-state index contributed by atoms with van der Waals surface area (Å²) in [6.45, 7) is 3.26. The summed E-state index contributed by atoms with van der Waals surface area (Å²) in [7, 11) is -1.57. The van der Waals surface area contributed by atoms with Crippen molar-refractivity contribution in [2.24, 2.45) is 0 Å². The Morgan fingerprint density at radius 3 is 1.75 bits per heavy atom. The first-order valence-electron chi connectivity index (χ1n) is 2.43. The largest absolute Gasteiger partial charge is 0.218 e. The van der Waals surface area contributed by atoms with E-state index >= 15 is 0 Å². The maximum Gasteiger partial charge on any atom is 0.213 e. The fourth-order valence-electron chi connectivity index (χ4n) is 0.236. The molecular weight excluding hydrogens is 126 g/mol. The molecule has 50 valence electrons. The summed E-state index contributed by atoms with van der Waals surface area (Å²) >= 11 is 0. The topological polar surface area (TPSA) is 46.2 Å². The highest BCUT2D eigenvalue weighted by molar-refractivity contribution is 7.90. The summed E-state index contributed by atoms with van der Waals surface area (Å²) in [4.78, 5) is 0. The van der Waals surface area contributed by atoms with Gasteiger partial charge < -0.3 is 0 Å². The van der Waals surface area contributed by atoms with E-state index in [1.165, 1.54) is 7.05 Å². The van der Waals surface area contributed by atoms with Crippen LogP contribution >= 0.6 is 0 Å². The molecule has 0 unspecified atom stereocenters. The molecule has 0 radical (unpaired) electrons. The second kappa shape index (κ2) is 2.46. The SMILES string of the molecule is CNS(=O)(=O)C(C)C. The second-order valence-corrected chi connectivity index (χ2v) is 4.24. The van der Waals surface area contributed by atoms with Crippen LogP contribution in [0, 0.1) is 0 Å². The van der Waals surface area contributed by atoms with Gasteiger partial charge in [-0.3, -0.25) is 0 Å². The monoisotopic (exact) mass is 137 g/mol. The number of nitrogens with one attached hydrogen (secondary N) is 1. The Labute approximate surface area is 50.1 Å². The molecule has 0 aromatic heterocycles. The van der Waals surface area contributed by atoms with Gasteiger partial charge in [0.25, 0.3) is 0 Å². The number of hydrogen-bond acceptors (Lipinski definition) is 2. The Bertz CT molecular complexity index is 147. The molecule has 3 nitrogen and oxygen atoms in total. The Morgan fingerprint density at radius 1 is 1.38 bits per heavy atom. The quantitative estimate of drug-likeness (QED) is 0.579. The highest BCUT2D eigenvalue weighted by Gasteiger charge is 2.10. The van der Waals surface area contributed by atoms with E-state index in [2.05, 4.69) is 4.72 Å². The van der Waals surface area contributed by atoms with Crippen LogP contribution in [0.2, 0.25) is 0 Å². The maximum atomic E-state index is 10.6. The molecule has 0 aromatic rings. The van der Waals surface area contributed by atoms with E-state index in [1.54, 1.807) is 13.8 Å². The zero-order valence-corrected chi connectivity index (χ0v) is 6.12. The third-order valence-electron chi connectivity index (χ3n) is 0.905. The number of hydrogen-bond donors (Lipinski definition) is 1. The van der Waals surface area contributed by atoms with Crippen molar-refractivity contribution < 1.29 is 8.42 Å². The minimum absolute atomic E-state index is 0.326. The van der Waals surface area contributed by atoms with E-state index in [4.69, 9.17) is 0 Å². The zero-order valence-electron chi connectivity index (χ0n) is 5.30. The van der Waals surface area contributed by atoms with E-state index in [1.807, 2.05) is 0 Å². The molecule has 0 rings (SSSR count). The molecule has 0 bridgehead atoms. The molecule has 1 N–H and O–H groups in total. The van der Waals surface area contributed by atoms with Crippen molar-refractivity contribution in [3.05, 3.63) is 0 Å². The maximum absolute atomic E-state index is 10.6. The van der Waals surface area contributed by atoms with Gasteiger partial charge in [-0.25, -0.2) is 13.1 Å². The van der Waals surface area contributed by atoms with Gasteiger partial charge in [-0.15, -0.1) is 0 Å². The van der Waals surface area contributed by atoms with Crippen LogP contribution in [0.15, 0.2) is 0 Å². The van der Waals surface area contributed by atoms with Gasteiger partial charge in [0.05, 0.1) is 5.25 Å². The lowest BCUT2D eigenvalue weighted by molar-refractivity contribution is 0.579. The molecule has 0 saturated heterocycles. The van der Waals surface area contributed by atoms with Crippen LogP contribution in [-0.2, 0) is 10.0 Å². The van der Waals surface area contributed by atoms with E-state index < -0.39 is 10.0 Å². The van der Waals surface area contributed by atoms with Crippen LogP contribution in [0.25, 0.3) is 0 Å². The van der Waals surface area contributed by atoms with Gasteiger partial charge in [0.15, 0.2) is 0 Å². The van der Waals surface area contributed by atoms with Crippen LogP contribution in [-0.4, -0.2) is 20.7 Å². The Morgan fingerprint density at radius 2 is 1.75 bits per heavy atom. The first-order valence-corrected chi connectivity index (χ1v) is 3.97. The third-order valence-corrected chi connectivity index (χ3v) is 2.72. The standard InChI is InChI=1S/C4H11NO2S/c1-4(2)8(6,7)5-3/h4-5H,1-3H3. The van der Waals surface area contributed by atoms with Gasteiger partial charge in [-0.05, 0) is 20.9 Å². The summed E-state index contributed by atoms with van der Waals surface area (Å²) in [5.41, 5.74) is 0. The van der Waals surface area contributed by atoms with Crippen LogP contribution in [0.5, 0.6) is 0 Å². The average Bonchev–Trinajstić information content (AvgIpc) is 1.67. The highest BCUT2D eigenvalue weighted by atomic mass is 32.2. The Hall–Kier alpha value is -0.0900. The molecule has 8 heavy (non-hydrogen) atoms. The lowest BCUT2D eigenvalue weighted by Crippen LogP contribution is -2.26. The van der Waals surface area contributed by atoms with E-state index in [0.29, 0.717) is 0 Å². The predicted molar refractivity (Wildman–Crippen MR) is 33.1 cm³/mol. The van der Waals surface area contributed by atoms with Crippen LogP contribution in [0.3, 0.4) is 0 Å². The van der Waals surface area contributed by atoms with Gasteiger partial charge >= 0.3 is 0 Å². The van der Waals surface area contributed by atoms with Crippen molar-refractivity contribution in [3.63, 3.8) is 0 Å². The number of rotatable bonds is 2. The predicted octanol–water partition coefficient (Wildman–Crippen LogP) is -0.0560. The first kappa shape index (κ1) is 7.91. The molecule has 0 aliphatic heterocycles. The second-order valence-electron chi connectivity index (χ2n) is 1.80. The Kier molecular flexibility index (Phi) is 2.43. The van der Waals surface area contributed by atoms with E-state index in [-0.39, 0.29) is 5.25 Å². The van der Waals surface area contributed by atoms with Crippen molar-refractivity contribution >= 4 is 10.0 Å². The fraction of sp³-hybridized carbons (Fsp3) is 1.00. The molecule has 0 aliphatic carbocycles. The molecule has 0 saturated carbocycles. The van der Waals surface area contributed by atoms with Crippen molar-refractivity contribution in [3.8, 4) is 0 Å². The van der Waals surface area contributed by atoms with E-state index in [9.17, 15) is 8.42 Å². The van der Waals surface area contributed by atoms with E-state index in [0.717, 1.165) is 0 Å². The minimum atomic E-state index is -2.99. The highest BCUT2D eigenvalue weighted by Crippen LogP contribution is 1.92. The molecule has 0 aliphatic rings. The van der Waals surface area contributed by atoms with Crippen LogP contribution in [0.1, 0.15) is 13.8 Å². The van der Waals surface area contributed by atoms with Crippen molar-refractivity contribution in [1.29, 1.82) is 0 Å². The number of sulfonamides is 1. The smallest absolute Gasteiger partial charge is 0.213 e. The minimum Gasteiger partial charge on any atom is -0.218 e. The summed E-state index contributed by atoms with van der Waals surface area (Å²) < 4.78 is 23.4. The van der Waals surface area contributed by atoms with Crippen molar-refractivity contribution in [2.75, 3.05) is 7.05 Å². The molecule has 4 heteroatoms. The van der Waals surface area contributed by atoms with Gasteiger partial charge in [0.1, 0.15) is 0 Å². The lowest BCUT2D eigenvalue weighted by atomic mass is 10.6. The van der Waals surface area contributed by atoms with Gasteiger partial charge in [0.2, 0.25) is 10.0 Å². The lowest BCUT2D eigenvalue weighted by Gasteiger charge is -2.02. The van der Waals surface area contributed by atoms with Gasteiger partial charge in [0, 0.05) is 0 Å². The first-order chi connectivity index (χ1) is 3.50. The third kappa shape index (κ3) is 1.79. The van der Waals surface area contributed by atoms with Crippen molar-refractivity contribution in [2.45, 2.75) is 19.1 Å². The molecule has 0 heterocycles. The van der Waals surface area contributed by atoms with Crippen LogP contribution < -0.4 is 4.72 Å². The molecule has 0 aromatic carbocycles. The molecule has 0 amide bonds. The summed E-state index contributed by atoms with van der Waals surface area (Å²) in [5.74, 6) is 0.